The fraction of sp³-hybridized carbons (Fsp3) is 0.0400. The molecule has 0 amide bonds. The first-order valence-electron chi connectivity index (χ1n) is 9.92. The van der Waals surface area contributed by atoms with Gasteiger partial charge in [0.15, 0.2) is 11.5 Å². The van der Waals surface area contributed by atoms with Gasteiger partial charge in [-0.25, -0.2) is 0 Å². The molecule has 0 aromatic heterocycles. The zero-order chi connectivity index (χ0) is 23.6. The van der Waals surface area contributed by atoms with Crippen molar-refractivity contribution in [3.63, 3.8) is 0 Å². The molecule has 33 heavy (non-hydrogen) atoms. The molecule has 0 radical (unpaired) electrons. The summed E-state index contributed by atoms with van der Waals surface area (Å²) in [6.45, 7) is 0. The average molecular weight is 442 g/mol. The van der Waals surface area contributed by atoms with E-state index >= 15 is 0 Å². The van der Waals surface area contributed by atoms with Crippen LogP contribution in [-0.2, 0) is 5.41 Å². The lowest BCUT2D eigenvalue weighted by Gasteiger charge is -2.36. The van der Waals surface area contributed by atoms with E-state index < -0.39 is 38.1 Å². The van der Waals surface area contributed by atoms with Crippen LogP contribution in [0.2, 0.25) is 0 Å². The van der Waals surface area contributed by atoms with Crippen molar-refractivity contribution in [1.82, 2.24) is 0 Å². The van der Waals surface area contributed by atoms with Gasteiger partial charge in [-0.15, -0.1) is 0 Å². The molecule has 4 aromatic rings. The molecule has 0 unspecified atom stereocenters. The second-order valence-electron chi connectivity index (χ2n) is 7.40. The zero-order valence-electron chi connectivity index (χ0n) is 17.2. The number of phenols is 2. The predicted octanol–water partition coefficient (Wildman–Crippen LogP) is 5.30. The van der Waals surface area contributed by atoms with E-state index in [9.17, 15) is 30.4 Å². The van der Waals surface area contributed by atoms with Crippen molar-refractivity contribution < 1.29 is 20.1 Å². The first kappa shape index (κ1) is 21.5. The summed E-state index contributed by atoms with van der Waals surface area (Å²) in [6.07, 6.45) is 0. The average Bonchev–Trinajstić information content (AvgIpc) is 2.82. The van der Waals surface area contributed by atoms with Crippen molar-refractivity contribution in [2.75, 3.05) is 0 Å². The lowest BCUT2D eigenvalue weighted by molar-refractivity contribution is -0.386. The summed E-state index contributed by atoms with van der Waals surface area (Å²) < 4.78 is 0. The Morgan fingerprint density at radius 2 is 0.909 bits per heavy atom. The summed E-state index contributed by atoms with van der Waals surface area (Å²) in [4.78, 5) is 21.9. The molecule has 2 N–H and O–H groups in total. The second-order valence-corrected chi connectivity index (χ2v) is 7.40. The largest absolute Gasteiger partial charge is 0.502 e. The number of nitrogens with zero attached hydrogens (tertiary/aromatic N) is 2. The van der Waals surface area contributed by atoms with E-state index in [0.717, 1.165) is 0 Å². The standard InChI is InChI=1S/C25H18N2O6/c28-23-13-11-19(15-21(23)26(30)31)25(17-7-3-1-4-8-17,18-9-5-2-6-10-18)20-12-14-24(29)22(16-20)27(32)33/h1-16,28-29H. The number of nitro benzene ring substituents is 2. The maximum Gasteiger partial charge on any atom is 0.311 e. The Labute approximate surface area is 188 Å². The Balaban J connectivity index is 2.19. The van der Waals surface area contributed by atoms with Crippen LogP contribution in [0.25, 0.3) is 0 Å². The molecule has 4 rings (SSSR count). The van der Waals surface area contributed by atoms with Gasteiger partial charge >= 0.3 is 11.4 Å². The molecule has 0 heterocycles. The third-order valence-corrected chi connectivity index (χ3v) is 5.62. The van der Waals surface area contributed by atoms with E-state index in [1.54, 1.807) is 36.4 Å². The molecule has 0 aliphatic heterocycles. The molecule has 164 valence electrons. The van der Waals surface area contributed by atoms with E-state index in [1.807, 2.05) is 36.4 Å². The SMILES string of the molecule is O=[N+]([O-])c1cc(C(c2ccccc2)(c2ccccc2)c2ccc(O)c([N+](=O)[O-])c2)ccc1O. The third-order valence-electron chi connectivity index (χ3n) is 5.62. The molecule has 8 heteroatoms. The highest BCUT2D eigenvalue weighted by Crippen LogP contribution is 2.48. The summed E-state index contributed by atoms with van der Waals surface area (Å²) in [5, 5.41) is 43.4. The Hall–Kier alpha value is -4.72. The van der Waals surface area contributed by atoms with Crippen LogP contribution in [0.4, 0.5) is 11.4 Å². The minimum absolute atomic E-state index is 0.421. The summed E-state index contributed by atoms with van der Waals surface area (Å²) in [5.74, 6) is -0.981. The smallest absolute Gasteiger partial charge is 0.311 e. The molecular formula is C25H18N2O6. The number of hydrogen-bond acceptors (Lipinski definition) is 6. The van der Waals surface area contributed by atoms with Gasteiger partial charge in [-0.2, -0.15) is 0 Å². The number of aromatic hydroxyl groups is 2. The van der Waals surface area contributed by atoms with Crippen LogP contribution >= 0.6 is 0 Å². The highest BCUT2D eigenvalue weighted by molar-refractivity contribution is 5.65. The number of hydrogen-bond donors (Lipinski definition) is 2. The fourth-order valence-electron chi connectivity index (χ4n) is 4.18. The summed E-state index contributed by atoms with van der Waals surface area (Å²) >= 11 is 0. The van der Waals surface area contributed by atoms with E-state index in [1.165, 1.54) is 24.3 Å². The van der Waals surface area contributed by atoms with Crippen molar-refractivity contribution in [2.45, 2.75) is 5.41 Å². The summed E-state index contributed by atoms with van der Waals surface area (Å²) in [5.41, 5.74) is 0.0227. The van der Waals surface area contributed by atoms with Crippen LogP contribution in [-0.4, -0.2) is 20.1 Å². The summed E-state index contributed by atoms with van der Waals surface area (Å²) in [6, 6.07) is 26.3. The van der Waals surface area contributed by atoms with Gasteiger partial charge in [-0.3, -0.25) is 20.2 Å². The molecule has 0 bridgehead atoms. The van der Waals surface area contributed by atoms with E-state index in [-0.39, 0.29) is 0 Å². The second kappa shape index (κ2) is 8.43. The van der Waals surface area contributed by atoms with Crippen molar-refractivity contribution in [2.24, 2.45) is 0 Å². The number of rotatable bonds is 6. The van der Waals surface area contributed by atoms with Crippen LogP contribution in [0.15, 0.2) is 97.1 Å². The van der Waals surface area contributed by atoms with E-state index in [4.69, 9.17) is 0 Å². The molecule has 0 fully saturated rings. The molecule has 8 nitrogen and oxygen atoms in total. The van der Waals surface area contributed by atoms with Gasteiger partial charge in [-0.1, -0.05) is 72.8 Å². The summed E-state index contributed by atoms with van der Waals surface area (Å²) in [7, 11) is 0. The quantitative estimate of drug-likeness (QED) is 0.237. The van der Waals surface area contributed by atoms with Gasteiger partial charge in [0.2, 0.25) is 0 Å². The fourth-order valence-corrected chi connectivity index (χ4v) is 4.18. The van der Waals surface area contributed by atoms with Gasteiger partial charge in [0.05, 0.1) is 15.3 Å². The lowest BCUT2D eigenvalue weighted by Crippen LogP contribution is -2.31. The first-order chi connectivity index (χ1) is 15.9. The highest BCUT2D eigenvalue weighted by atomic mass is 16.6. The van der Waals surface area contributed by atoms with Gasteiger partial charge in [-0.05, 0) is 34.4 Å². The minimum atomic E-state index is -1.22. The highest BCUT2D eigenvalue weighted by Gasteiger charge is 2.40. The zero-order valence-corrected chi connectivity index (χ0v) is 17.2. The lowest BCUT2D eigenvalue weighted by atomic mass is 9.65. The van der Waals surface area contributed by atoms with Gasteiger partial charge in [0, 0.05) is 12.1 Å². The van der Waals surface area contributed by atoms with Crippen LogP contribution < -0.4 is 0 Å². The van der Waals surface area contributed by atoms with Gasteiger partial charge in [0.1, 0.15) is 0 Å². The maximum atomic E-state index is 11.6. The molecule has 0 aliphatic rings. The number of nitro groups is 2. The Bertz CT molecular complexity index is 1230. The van der Waals surface area contributed by atoms with Crippen molar-refractivity contribution >= 4 is 11.4 Å². The maximum absolute atomic E-state index is 11.6. The molecule has 0 saturated heterocycles. The first-order valence-corrected chi connectivity index (χ1v) is 9.92. The molecule has 0 atom stereocenters. The topological polar surface area (TPSA) is 127 Å². The predicted molar refractivity (Wildman–Crippen MR) is 121 cm³/mol. The van der Waals surface area contributed by atoms with Crippen LogP contribution in [0, 0.1) is 20.2 Å². The third kappa shape index (κ3) is 3.63. The molecule has 0 saturated carbocycles. The van der Waals surface area contributed by atoms with Crippen molar-refractivity contribution in [3.05, 3.63) is 140 Å². The molecule has 0 aliphatic carbocycles. The van der Waals surface area contributed by atoms with Crippen molar-refractivity contribution in [1.29, 1.82) is 0 Å². The van der Waals surface area contributed by atoms with Crippen LogP contribution in [0.3, 0.4) is 0 Å². The molecule has 0 spiro atoms. The Kier molecular flexibility index (Phi) is 5.49. The normalized spacial score (nSPS) is 11.2. The van der Waals surface area contributed by atoms with Gasteiger partial charge < -0.3 is 10.2 Å². The Morgan fingerprint density at radius 1 is 0.545 bits per heavy atom. The van der Waals surface area contributed by atoms with E-state index in [2.05, 4.69) is 0 Å². The number of benzene rings is 4. The van der Waals surface area contributed by atoms with Crippen LogP contribution in [0.5, 0.6) is 11.5 Å². The van der Waals surface area contributed by atoms with Crippen LogP contribution in [0.1, 0.15) is 22.3 Å². The van der Waals surface area contributed by atoms with Gasteiger partial charge in [0.25, 0.3) is 0 Å². The van der Waals surface area contributed by atoms with E-state index in [0.29, 0.717) is 22.3 Å². The number of phenolic OH excluding ortho intramolecular Hbond substituents is 2. The minimum Gasteiger partial charge on any atom is -0.502 e. The Morgan fingerprint density at radius 3 is 1.24 bits per heavy atom. The molecule has 4 aromatic carbocycles. The van der Waals surface area contributed by atoms with Crippen molar-refractivity contribution in [3.8, 4) is 11.5 Å². The molecular weight excluding hydrogens is 424 g/mol. The monoisotopic (exact) mass is 442 g/mol.